The number of fused-ring (bicyclic) bond motifs is 3. The van der Waals surface area contributed by atoms with Gasteiger partial charge in [0.05, 0.1) is 6.61 Å². The van der Waals surface area contributed by atoms with Gasteiger partial charge in [0.25, 0.3) is 5.91 Å². The molecule has 6 heteroatoms. The number of hydrogen-bond donors (Lipinski definition) is 2. The Hall–Kier alpha value is -3.12. The summed E-state index contributed by atoms with van der Waals surface area (Å²) in [6, 6.07) is 15.3. The van der Waals surface area contributed by atoms with Gasteiger partial charge in [-0.3, -0.25) is 4.79 Å². The van der Waals surface area contributed by atoms with Gasteiger partial charge in [0.15, 0.2) is 11.6 Å². The zero-order valence-corrected chi connectivity index (χ0v) is 16.1. The van der Waals surface area contributed by atoms with E-state index in [0.29, 0.717) is 37.6 Å². The summed E-state index contributed by atoms with van der Waals surface area (Å²) in [7, 11) is 0. The predicted molar refractivity (Wildman–Crippen MR) is 110 cm³/mol. The maximum Gasteiger partial charge on any atom is 0.252 e. The molecule has 0 saturated heterocycles. The third kappa shape index (κ3) is 3.51. The Morgan fingerprint density at radius 1 is 1.28 bits per heavy atom. The van der Waals surface area contributed by atoms with Crippen molar-refractivity contribution in [1.82, 2.24) is 5.32 Å². The largest absolute Gasteiger partial charge is 0.494 e. The molecule has 0 spiro atoms. The topological polar surface area (TPSA) is 80.2 Å². The quantitative estimate of drug-likeness (QED) is 0.561. The second kappa shape index (κ2) is 8.09. The van der Waals surface area contributed by atoms with Crippen LogP contribution in [-0.2, 0) is 16.1 Å². The molecule has 2 N–H and O–H groups in total. The van der Waals surface area contributed by atoms with Gasteiger partial charge >= 0.3 is 0 Å². The molecule has 29 heavy (non-hydrogen) atoms. The van der Waals surface area contributed by atoms with E-state index in [1.807, 2.05) is 48.5 Å². The summed E-state index contributed by atoms with van der Waals surface area (Å²) in [5.41, 5.74) is 1.71. The number of hydrogen-bond acceptors (Lipinski definition) is 5. The number of carbonyl (C=O) groups is 1. The molecule has 2 aliphatic rings. The first-order valence-electron chi connectivity index (χ1n) is 9.75. The van der Waals surface area contributed by atoms with Crippen molar-refractivity contribution in [1.29, 1.82) is 0 Å². The molecule has 2 aromatic carbocycles. The number of nitrogens with zero attached hydrogens (tertiary/aromatic N) is 1. The van der Waals surface area contributed by atoms with E-state index < -0.39 is 11.6 Å². The Kier molecular flexibility index (Phi) is 5.36. The molecule has 0 radical (unpaired) electrons. The second-order valence-corrected chi connectivity index (χ2v) is 7.16. The van der Waals surface area contributed by atoms with E-state index in [0.717, 1.165) is 16.7 Å². The highest BCUT2D eigenvalue weighted by Gasteiger charge is 2.54. The SMILES string of the molecule is C=CC[C@]12N=C(c3ccc(OCCCO)cc3)O[C@H]1c1ccccc1CNC2=O. The lowest BCUT2D eigenvalue weighted by atomic mass is 9.84. The number of aliphatic hydroxyl groups is 1. The molecule has 150 valence electrons. The molecule has 2 aliphatic heterocycles. The van der Waals surface area contributed by atoms with Gasteiger partial charge in [-0.1, -0.05) is 30.3 Å². The predicted octanol–water partition coefficient (Wildman–Crippen LogP) is 2.91. The molecule has 2 atom stereocenters. The smallest absolute Gasteiger partial charge is 0.252 e. The molecular formula is C23H24N2O4. The molecule has 0 fully saturated rings. The zero-order chi connectivity index (χ0) is 20.3. The van der Waals surface area contributed by atoms with Crippen LogP contribution in [0, 0.1) is 0 Å². The summed E-state index contributed by atoms with van der Waals surface area (Å²) in [6.07, 6.45) is 2.17. The Morgan fingerprint density at radius 2 is 2.07 bits per heavy atom. The maximum absolute atomic E-state index is 13.1. The van der Waals surface area contributed by atoms with Gasteiger partial charge < -0.3 is 19.9 Å². The number of nitrogens with one attached hydrogen (secondary N) is 1. The van der Waals surface area contributed by atoms with E-state index >= 15 is 0 Å². The van der Waals surface area contributed by atoms with E-state index in [4.69, 9.17) is 19.6 Å². The van der Waals surface area contributed by atoms with Crippen molar-refractivity contribution in [2.75, 3.05) is 13.2 Å². The van der Waals surface area contributed by atoms with Gasteiger partial charge in [-0.05, 0) is 29.8 Å². The van der Waals surface area contributed by atoms with Crippen LogP contribution >= 0.6 is 0 Å². The third-order valence-electron chi connectivity index (χ3n) is 5.26. The minimum atomic E-state index is -1.07. The van der Waals surface area contributed by atoms with E-state index in [2.05, 4.69) is 11.9 Å². The van der Waals surface area contributed by atoms with Gasteiger partial charge in [-0.25, -0.2) is 4.99 Å². The number of aliphatic hydroxyl groups excluding tert-OH is 1. The molecular weight excluding hydrogens is 368 g/mol. The molecule has 1 amide bonds. The molecule has 2 aromatic rings. The van der Waals surface area contributed by atoms with Gasteiger partial charge in [0.2, 0.25) is 5.90 Å². The Balaban J connectivity index is 1.67. The van der Waals surface area contributed by atoms with Crippen LogP contribution in [0.25, 0.3) is 0 Å². The highest BCUT2D eigenvalue weighted by atomic mass is 16.5. The highest BCUT2D eigenvalue weighted by Crippen LogP contribution is 2.45. The number of ether oxygens (including phenoxy) is 2. The van der Waals surface area contributed by atoms with Gasteiger partial charge in [-0.15, -0.1) is 6.58 Å². The number of aliphatic imine (C=N–C) groups is 1. The van der Waals surface area contributed by atoms with Crippen molar-refractivity contribution in [2.45, 2.75) is 31.0 Å². The van der Waals surface area contributed by atoms with Crippen LogP contribution in [-0.4, -0.2) is 35.7 Å². The average molecular weight is 392 g/mol. The van der Waals surface area contributed by atoms with Crippen LogP contribution in [0.15, 0.2) is 66.2 Å². The molecule has 4 rings (SSSR count). The van der Waals surface area contributed by atoms with Crippen molar-refractivity contribution in [3.05, 3.63) is 77.9 Å². The summed E-state index contributed by atoms with van der Waals surface area (Å²) in [5, 5.41) is 11.9. The van der Waals surface area contributed by atoms with E-state index in [1.54, 1.807) is 6.08 Å². The fourth-order valence-corrected chi connectivity index (χ4v) is 3.79. The van der Waals surface area contributed by atoms with E-state index in [-0.39, 0.29) is 12.5 Å². The lowest BCUT2D eigenvalue weighted by Gasteiger charge is -2.27. The van der Waals surface area contributed by atoms with Crippen molar-refractivity contribution in [2.24, 2.45) is 4.99 Å². The first-order valence-corrected chi connectivity index (χ1v) is 9.75. The molecule has 0 aromatic heterocycles. The maximum atomic E-state index is 13.1. The fraction of sp³-hybridized carbons (Fsp3) is 0.304. The average Bonchev–Trinajstić information content (AvgIpc) is 3.09. The summed E-state index contributed by atoms with van der Waals surface area (Å²) >= 11 is 0. The number of amides is 1. The standard InChI is InChI=1S/C23H24N2O4/c1-2-12-23-20(19-7-4-3-6-17(19)15-24-22(23)27)29-21(25-23)16-8-10-18(11-9-16)28-14-5-13-26/h2-4,6-11,20,26H,1,5,12-15H2,(H,24,27)/t20-,23-/m0/s1. The van der Waals surface area contributed by atoms with E-state index in [1.165, 1.54) is 0 Å². The number of rotatable bonds is 7. The molecule has 2 heterocycles. The van der Waals surface area contributed by atoms with Gasteiger partial charge in [-0.2, -0.15) is 0 Å². The minimum Gasteiger partial charge on any atom is -0.494 e. The molecule has 0 bridgehead atoms. The van der Waals surface area contributed by atoms with Crippen molar-refractivity contribution >= 4 is 11.8 Å². The molecule has 0 aliphatic carbocycles. The van der Waals surface area contributed by atoms with Gasteiger partial charge in [0.1, 0.15) is 5.75 Å². The van der Waals surface area contributed by atoms with Crippen LogP contribution in [0.1, 0.15) is 35.6 Å². The third-order valence-corrected chi connectivity index (χ3v) is 5.26. The monoisotopic (exact) mass is 392 g/mol. The van der Waals surface area contributed by atoms with Crippen molar-refractivity contribution < 1.29 is 19.4 Å². The lowest BCUT2D eigenvalue weighted by Crippen LogP contribution is -2.45. The first kappa shape index (κ1) is 19.2. The van der Waals surface area contributed by atoms with Crippen LogP contribution < -0.4 is 10.1 Å². The van der Waals surface area contributed by atoms with Crippen molar-refractivity contribution in [3.63, 3.8) is 0 Å². The van der Waals surface area contributed by atoms with Crippen LogP contribution in [0.2, 0.25) is 0 Å². The number of benzene rings is 2. The molecule has 0 unspecified atom stereocenters. The van der Waals surface area contributed by atoms with Crippen LogP contribution in [0.3, 0.4) is 0 Å². The second-order valence-electron chi connectivity index (χ2n) is 7.16. The summed E-state index contributed by atoms with van der Waals surface area (Å²) < 4.78 is 11.9. The van der Waals surface area contributed by atoms with Crippen molar-refractivity contribution in [3.8, 4) is 5.75 Å². The van der Waals surface area contributed by atoms with Gasteiger partial charge in [0, 0.05) is 37.1 Å². The zero-order valence-electron chi connectivity index (χ0n) is 16.1. The fourth-order valence-electron chi connectivity index (χ4n) is 3.79. The highest BCUT2D eigenvalue weighted by molar-refractivity contribution is 6.01. The lowest BCUT2D eigenvalue weighted by molar-refractivity contribution is -0.128. The minimum absolute atomic E-state index is 0.0963. The Bertz CT molecular complexity index is 938. The van der Waals surface area contributed by atoms with E-state index in [9.17, 15) is 4.79 Å². The Labute approximate surface area is 169 Å². The summed E-state index contributed by atoms with van der Waals surface area (Å²) in [4.78, 5) is 17.9. The van der Waals surface area contributed by atoms with Crippen LogP contribution in [0.4, 0.5) is 0 Å². The molecule has 0 saturated carbocycles. The summed E-state index contributed by atoms with van der Waals surface area (Å²) in [5.74, 6) is 0.988. The summed E-state index contributed by atoms with van der Waals surface area (Å²) in [6.45, 7) is 4.84. The number of carbonyl (C=O) groups excluding carboxylic acids is 1. The molecule has 6 nitrogen and oxygen atoms in total. The first-order chi connectivity index (χ1) is 14.2. The normalized spacial score (nSPS) is 22.4. The van der Waals surface area contributed by atoms with Crippen LogP contribution in [0.5, 0.6) is 5.75 Å². The Morgan fingerprint density at radius 3 is 2.83 bits per heavy atom.